The van der Waals surface area contributed by atoms with E-state index in [4.69, 9.17) is 11.5 Å². The largest absolute Gasteiger partial charge is 0.399 e. The number of nitrogens with two attached hydrogens (primary N) is 2. The van der Waals surface area contributed by atoms with E-state index in [1.165, 1.54) is 65.5 Å². The summed E-state index contributed by atoms with van der Waals surface area (Å²) in [5.74, 6) is 0. The van der Waals surface area contributed by atoms with Crippen molar-refractivity contribution in [2.75, 3.05) is 11.5 Å². The van der Waals surface area contributed by atoms with Gasteiger partial charge in [0.15, 0.2) is 0 Å². The lowest BCUT2D eigenvalue weighted by Crippen LogP contribution is -2.28. The molecule has 0 bridgehead atoms. The molecule has 0 aliphatic rings. The summed E-state index contributed by atoms with van der Waals surface area (Å²) in [6, 6.07) is 35.4. The number of hydrogen-bond acceptors (Lipinski definition) is 2. The molecule has 2 heteroatoms. The van der Waals surface area contributed by atoms with Crippen LogP contribution in [0.15, 0.2) is 97.1 Å². The minimum atomic E-state index is 0.0436. The molecule has 4 aromatic carbocycles. The molecule has 0 heterocycles. The normalized spacial score (nSPS) is 11.5. The number of hydrogen-bond donors (Lipinski definition) is 2. The Balaban J connectivity index is 1.61. The van der Waals surface area contributed by atoms with E-state index in [0.29, 0.717) is 0 Å². The van der Waals surface area contributed by atoms with Crippen LogP contribution in [0.5, 0.6) is 0 Å². The molecular weight excluding hydrogens is 460 g/mol. The molecule has 0 saturated heterocycles. The van der Waals surface area contributed by atoms with Crippen molar-refractivity contribution in [2.45, 2.75) is 77.0 Å². The Kier molecular flexibility index (Phi) is 9.65. The molecule has 0 aliphatic carbocycles. The van der Waals surface area contributed by atoms with Crippen LogP contribution >= 0.6 is 0 Å². The SMILES string of the molecule is CCCCCCC(CCC)(c1ccc(Cc2ccc(N)cc2)cc1)c1ccc(Cc2ccc(N)cc2)cc1. The molecule has 0 fully saturated rings. The molecule has 4 rings (SSSR count). The van der Waals surface area contributed by atoms with Crippen molar-refractivity contribution >= 4 is 11.4 Å². The summed E-state index contributed by atoms with van der Waals surface area (Å²) in [5, 5.41) is 0. The Bertz CT molecular complexity index is 1150. The first-order chi connectivity index (χ1) is 18.5. The maximum Gasteiger partial charge on any atom is 0.0314 e. The molecule has 0 radical (unpaired) electrons. The highest BCUT2D eigenvalue weighted by Gasteiger charge is 2.33. The van der Waals surface area contributed by atoms with E-state index in [9.17, 15) is 0 Å². The van der Waals surface area contributed by atoms with E-state index < -0.39 is 0 Å². The van der Waals surface area contributed by atoms with Crippen molar-refractivity contribution in [1.82, 2.24) is 0 Å². The van der Waals surface area contributed by atoms with E-state index in [-0.39, 0.29) is 5.41 Å². The van der Waals surface area contributed by atoms with Crippen molar-refractivity contribution < 1.29 is 0 Å². The maximum absolute atomic E-state index is 5.88. The molecule has 0 unspecified atom stereocenters. The fourth-order valence-electron chi connectivity index (χ4n) is 5.77. The van der Waals surface area contributed by atoms with Gasteiger partial charge in [0, 0.05) is 16.8 Å². The zero-order chi connectivity index (χ0) is 26.8. The van der Waals surface area contributed by atoms with Crippen molar-refractivity contribution in [1.29, 1.82) is 0 Å². The van der Waals surface area contributed by atoms with Gasteiger partial charge >= 0.3 is 0 Å². The van der Waals surface area contributed by atoms with Crippen LogP contribution in [-0.2, 0) is 18.3 Å². The highest BCUT2D eigenvalue weighted by atomic mass is 14.5. The van der Waals surface area contributed by atoms with Crippen LogP contribution in [0.3, 0.4) is 0 Å². The second-order valence-corrected chi connectivity index (χ2v) is 10.9. The van der Waals surface area contributed by atoms with Gasteiger partial charge in [-0.2, -0.15) is 0 Å². The number of nitrogen functional groups attached to an aromatic ring is 2. The lowest BCUT2D eigenvalue weighted by atomic mass is 9.68. The first-order valence-electron chi connectivity index (χ1n) is 14.4. The van der Waals surface area contributed by atoms with Crippen molar-refractivity contribution in [3.05, 3.63) is 130 Å². The lowest BCUT2D eigenvalue weighted by molar-refractivity contribution is 0.408. The average molecular weight is 505 g/mol. The zero-order valence-corrected chi connectivity index (χ0v) is 23.3. The van der Waals surface area contributed by atoms with Gasteiger partial charge in [0.05, 0.1) is 0 Å². The predicted octanol–water partition coefficient (Wildman–Crippen LogP) is 9.09. The molecule has 4 aromatic rings. The molecule has 0 aromatic heterocycles. The predicted molar refractivity (Wildman–Crippen MR) is 165 cm³/mol. The zero-order valence-electron chi connectivity index (χ0n) is 23.3. The molecule has 0 aliphatic heterocycles. The lowest BCUT2D eigenvalue weighted by Gasteiger charge is -2.36. The van der Waals surface area contributed by atoms with E-state index in [1.807, 2.05) is 24.3 Å². The average Bonchev–Trinajstić information content (AvgIpc) is 2.94. The summed E-state index contributed by atoms with van der Waals surface area (Å²) in [7, 11) is 0. The summed E-state index contributed by atoms with van der Waals surface area (Å²) in [6.45, 7) is 4.62. The first-order valence-corrected chi connectivity index (χ1v) is 14.4. The third kappa shape index (κ3) is 7.07. The standard InChI is InChI=1S/C36H44N2/c1-3-5-6-7-25-36(24-4-2,32-16-8-28(9-17-32)26-30-12-20-34(37)21-13-30)33-18-10-29(11-19-33)27-31-14-22-35(38)23-15-31/h8-23H,3-7,24-27,37-38H2,1-2H3. The van der Waals surface area contributed by atoms with E-state index in [1.54, 1.807) is 0 Å². The second-order valence-electron chi connectivity index (χ2n) is 10.9. The fraction of sp³-hybridized carbons (Fsp3) is 0.333. The van der Waals surface area contributed by atoms with Gasteiger partial charge in [-0.15, -0.1) is 0 Å². The highest BCUT2D eigenvalue weighted by molar-refractivity contribution is 5.45. The molecule has 0 spiro atoms. The summed E-state index contributed by atoms with van der Waals surface area (Å²) < 4.78 is 0. The Labute approximate surface area is 230 Å². The third-order valence-corrected chi connectivity index (χ3v) is 7.92. The second kappa shape index (κ2) is 13.3. The van der Waals surface area contributed by atoms with Crippen LogP contribution in [0, 0.1) is 0 Å². The number of unbranched alkanes of at least 4 members (excludes halogenated alkanes) is 3. The van der Waals surface area contributed by atoms with Gasteiger partial charge in [-0.1, -0.05) is 119 Å². The van der Waals surface area contributed by atoms with E-state index in [2.05, 4.69) is 86.6 Å². The summed E-state index contributed by atoms with van der Waals surface area (Å²) >= 11 is 0. The van der Waals surface area contributed by atoms with Gasteiger partial charge in [0.25, 0.3) is 0 Å². The van der Waals surface area contributed by atoms with Crippen LogP contribution in [-0.4, -0.2) is 0 Å². The fourth-order valence-corrected chi connectivity index (χ4v) is 5.77. The summed E-state index contributed by atoms with van der Waals surface area (Å²) in [4.78, 5) is 0. The molecule has 0 amide bonds. The minimum absolute atomic E-state index is 0.0436. The quantitative estimate of drug-likeness (QED) is 0.141. The molecule has 0 atom stereocenters. The Hall–Kier alpha value is -3.52. The molecule has 2 nitrogen and oxygen atoms in total. The molecule has 4 N–H and O–H groups in total. The van der Waals surface area contributed by atoms with Gasteiger partial charge < -0.3 is 11.5 Å². The smallest absolute Gasteiger partial charge is 0.0314 e. The maximum atomic E-state index is 5.88. The van der Waals surface area contributed by atoms with E-state index >= 15 is 0 Å². The van der Waals surface area contributed by atoms with Crippen molar-refractivity contribution in [2.24, 2.45) is 0 Å². The molecular formula is C36H44N2. The number of anilines is 2. The third-order valence-electron chi connectivity index (χ3n) is 7.92. The van der Waals surface area contributed by atoms with Crippen LogP contribution in [0.1, 0.15) is 92.2 Å². The summed E-state index contributed by atoms with van der Waals surface area (Å²) in [6.07, 6.45) is 10.5. The Morgan fingerprint density at radius 3 is 1.21 bits per heavy atom. The topological polar surface area (TPSA) is 52.0 Å². The van der Waals surface area contributed by atoms with Gasteiger partial charge in [-0.3, -0.25) is 0 Å². The van der Waals surface area contributed by atoms with Crippen LogP contribution < -0.4 is 11.5 Å². The summed E-state index contributed by atoms with van der Waals surface area (Å²) in [5.41, 5.74) is 21.6. The van der Waals surface area contributed by atoms with Crippen molar-refractivity contribution in [3.8, 4) is 0 Å². The van der Waals surface area contributed by atoms with Crippen LogP contribution in [0.2, 0.25) is 0 Å². The highest BCUT2D eigenvalue weighted by Crippen LogP contribution is 2.42. The number of benzene rings is 4. The van der Waals surface area contributed by atoms with Crippen molar-refractivity contribution in [3.63, 3.8) is 0 Å². The molecule has 0 saturated carbocycles. The monoisotopic (exact) mass is 504 g/mol. The van der Waals surface area contributed by atoms with Gasteiger partial charge in [0.1, 0.15) is 0 Å². The van der Waals surface area contributed by atoms with Gasteiger partial charge in [-0.05, 0) is 83.3 Å². The molecule has 198 valence electrons. The Morgan fingerprint density at radius 2 is 0.842 bits per heavy atom. The van der Waals surface area contributed by atoms with Gasteiger partial charge in [-0.25, -0.2) is 0 Å². The first kappa shape index (κ1) is 27.5. The Morgan fingerprint density at radius 1 is 0.447 bits per heavy atom. The molecule has 38 heavy (non-hydrogen) atoms. The minimum Gasteiger partial charge on any atom is -0.399 e. The van der Waals surface area contributed by atoms with Crippen LogP contribution in [0.4, 0.5) is 11.4 Å². The van der Waals surface area contributed by atoms with E-state index in [0.717, 1.165) is 37.1 Å². The van der Waals surface area contributed by atoms with Gasteiger partial charge in [0.2, 0.25) is 0 Å². The van der Waals surface area contributed by atoms with Crippen LogP contribution in [0.25, 0.3) is 0 Å². The number of rotatable bonds is 13.